The lowest BCUT2D eigenvalue weighted by Gasteiger charge is -2.23. The summed E-state index contributed by atoms with van der Waals surface area (Å²) in [6.07, 6.45) is 12.2. The molecule has 0 fully saturated rings. The minimum Gasteiger partial charge on any atom is -0.481 e. The lowest BCUT2D eigenvalue weighted by molar-refractivity contribution is -0.141. The number of carboxylic acids is 1. The Bertz CT molecular complexity index is 353. The zero-order valence-corrected chi connectivity index (χ0v) is 14.1. The fourth-order valence-corrected chi connectivity index (χ4v) is 2.29. The molecule has 0 aromatic rings. The highest BCUT2D eigenvalue weighted by Crippen LogP contribution is 2.23. The standard InChI is InChI=1S/C18H32O3/c1-5-6-7-10-15(2)11-8-13-18(4,21)14-9-12-16(3)17(19)20/h5-6,10,16,21H,7-9,11-14H2,1-4H3,(H,19,20)/b6-5-,15-10+. The molecule has 3 nitrogen and oxygen atoms in total. The van der Waals surface area contributed by atoms with E-state index in [1.165, 1.54) is 5.57 Å². The van der Waals surface area contributed by atoms with Gasteiger partial charge in [-0.2, -0.15) is 0 Å². The van der Waals surface area contributed by atoms with Crippen molar-refractivity contribution in [2.45, 2.75) is 78.2 Å². The molecule has 122 valence electrons. The van der Waals surface area contributed by atoms with E-state index in [4.69, 9.17) is 5.11 Å². The highest BCUT2D eigenvalue weighted by molar-refractivity contribution is 5.69. The van der Waals surface area contributed by atoms with Crippen molar-refractivity contribution >= 4 is 5.97 Å². The highest BCUT2D eigenvalue weighted by atomic mass is 16.4. The van der Waals surface area contributed by atoms with Gasteiger partial charge in [0.2, 0.25) is 0 Å². The van der Waals surface area contributed by atoms with E-state index in [1.54, 1.807) is 6.92 Å². The second kappa shape index (κ2) is 10.6. The Hall–Kier alpha value is -1.09. The number of aliphatic hydroxyl groups is 1. The second-order valence-electron chi connectivity index (χ2n) is 6.34. The van der Waals surface area contributed by atoms with Gasteiger partial charge in [0, 0.05) is 0 Å². The summed E-state index contributed by atoms with van der Waals surface area (Å²) >= 11 is 0. The van der Waals surface area contributed by atoms with E-state index in [1.807, 2.05) is 19.9 Å². The maximum Gasteiger partial charge on any atom is 0.306 e. The molecular formula is C18H32O3. The van der Waals surface area contributed by atoms with Crippen LogP contribution in [0.2, 0.25) is 0 Å². The van der Waals surface area contributed by atoms with E-state index in [0.29, 0.717) is 12.8 Å². The molecule has 2 unspecified atom stereocenters. The van der Waals surface area contributed by atoms with Gasteiger partial charge >= 0.3 is 5.97 Å². The molecule has 0 aromatic carbocycles. The van der Waals surface area contributed by atoms with Crippen LogP contribution in [0.4, 0.5) is 0 Å². The van der Waals surface area contributed by atoms with Crippen LogP contribution < -0.4 is 0 Å². The summed E-state index contributed by atoms with van der Waals surface area (Å²) in [6.45, 7) is 7.73. The van der Waals surface area contributed by atoms with Crippen LogP contribution in [0.1, 0.15) is 72.6 Å². The van der Waals surface area contributed by atoms with Crippen molar-refractivity contribution in [3.63, 3.8) is 0 Å². The molecule has 0 amide bonds. The Morgan fingerprint density at radius 2 is 1.90 bits per heavy atom. The first-order valence-corrected chi connectivity index (χ1v) is 8.00. The van der Waals surface area contributed by atoms with Gasteiger partial charge in [-0.3, -0.25) is 4.79 Å². The average Bonchev–Trinajstić information content (AvgIpc) is 2.38. The van der Waals surface area contributed by atoms with Crippen molar-refractivity contribution in [3.05, 3.63) is 23.8 Å². The Morgan fingerprint density at radius 3 is 2.48 bits per heavy atom. The fraction of sp³-hybridized carbons (Fsp3) is 0.722. The van der Waals surface area contributed by atoms with Gasteiger partial charge in [-0.15, -0.1) is 0 Å². The van der Waals surface area contributed by atoms with E-state index in [0.717, 1.165) is 32.1 Å². The van der Waals surface area contributed by atoms with E-state index >= 15 is 0 Å². The summed E-state index contributed by atoms with van der Waals surface area (Å²) < 4.78 is 0. The zero-order chi connectivity index (χ0) is 16.3. The Labute approximate surface area is 129 Å². The number of hydrogen-bond acceptors (Lipinski definition) is 2. The van der Waals surface area contributed by atoms with Gasteiger partial charge < -0.3 is 10.2 Å². The molecule has 0 aliphatic heterocycles. The summed E-state index contributed by atoms with van der Waals surface area (Å²) in [7, 11) is 0. The summed E-state index contributed by atoms with van der Waals surface area (Å²) in [5.74, 6) is -1.07. The molecular weight excluding hydrogens is 264 g/mol. The van der Waals surface area contributed by atoms with Crippen LogP contribution >= 0.6 is 0 Å². The SMILES string of the molecule is C/C=C\C/C=C(\C)CCCC(C)(O)CCCC(C)C(=O)O. The van der Waals surface area contributed by atoms with E-state index in [9.17, 15) is 9.90 Å². The molecule has 0 aliphatic rings. The quantitative estimate of drug-likeness (QED) is 0.543. The third-order valence-corrected chi connectivity index (χ3v) is 3.90. The molecule has 0 heterocycles. The lowest BCUT2D eigenvalue weighted by atomic mass is 9.90. The summed E-state index contributed by atoms with van der Waals surface area (Å²) in [4.78, 5) is 10.7. The lowest BCUT2D eigenvalue weighted by Crippen LogP contribution is -2.24. The van der Waals surface area contributed by atoms with Crippen molar-refractivity contribution in [2.24, 2.45) is 5.92 Å². The Balaban J connectivity index is 3.91. The van der Waals surface area contributed by atoms with Gasteiger partial charge in [-0.05, 0) is 65.7 Å². The monoisotopic (exact) mass is 296 g/mol. The van der Waals surface area contributed by atoms with Crippen LogP contribution in [0.5, 0.6) is 0 Å². The van der Waals surface area contributed by atoms with Crippen molar-refractivity contribution < 1.29 is 15.0 Å². The van der Waals surface area contributed by atoms with Crippen LogP contribution in [-0.2, 0) is 4.79 Å². The summed E-state index contributed by atoms with van der Waals surface area (Å²) in [6, 6.07) is 0. The van der Waals surface area contributed by atoms with E-state index in [-0.39, 0.29) is 5.92 Å². The second-order valence-corrected chi connectivity index (χ2v) is 6.34. The molecule has 0 rings (SSSR count). The molecule has 2 atom stereocenters. The van der Waals surface area contributed by atoms with Crippen molar-refractivity contribution in [2.75, 3.05) is 0 Å². The topological polar surface area (TPSA) is 57.5 Å². The van der Waals surface area contributed by atoms with Crippen molar-refractivity contribution in [1.29, 1.82) is 0 Å². The minimum absolute atomic E-state index is 0.322. The summed E-state index contributed by atoms with van der Waals surface area (Å²) in [5.41, 5.74) is 0.686. The Kier molecular flexibility index (Phi) is 10.1. The first kappa shape index (κ1) is 19.9. The first-order valence-electron chi connectivity index (χ1n) is 8.00. The van der Waals surface area contributed by atoms with Gasteiger partial charge in [-0.25, -0.2) is 0 Å². The van der Waals surface area contributed by atoms with Crippen molar-refractivity contribution in [3.8, 4) is 0 Å². The molecule has 0 aliphatic carbocycles. The molecule has 0 saturated carbocycles. The predicted molar refractivity (Wildman–Crippen MR) is 88.3 cm³/mol. The maximum atomic E-state index is 10.7. The van der Waals surface area contributed by atoms with Gasteiger partial charge in [0.05, 0.1) is 11.5 Å². The average molecular weight is 296 g/mol. The Morgan fingerprint density at radius 1 is 1.29 bits per heavy atom. The van der Waals surface area contributed by atoms with Gasteiger partial charge in [-0.1, -0.05) is 30.7 Å². The number of carboxylic acid groups (broad SMARTS) is 1. The number of hydrogen-bond donors (Lipinski definition) is 2. The zero-order valence-electron chi connectivity index (χ0n) is 14.1. The summed E-state index contributed by atoms with van der Waals surface area (Å²) in [5, 5.41) is 19.1. The molecule has 2 N–H and O–H groups in total. The third-order valence-electron chi connectivity index (χ3n) is 3.90. The molecule has 0 aromatic heterocycles. The van der Waals surface area contributed by atoms with Crippen LogP contribution in [0.15, 0.2) is 23.8 Å². The molecule has 3 heteroatoms. The number of aliphatic carboxylic acids is 1. The number of allylic oxidation sites excluding steroid dienone is 4. The van der Waals surface area contributed by atoms with E-state index < -0.39 is 11.6 Å². The molecule has 0 saturated heterocycles. The molecule has 0 bridgehead atoms. The predicted octanol–water partition coefficient (Wildman–Crippen LogP) is 4.71. The first-order chi connectivity index (χ1) is 9.78. The molecule has 0 spiro atoms. The minimum atomic E-state index is -0.753. The number of carbonyl (C=O) groups is 1. The molecule has 0 radical (unpaired) electrons. The van der Waals surface area contributed by atoms with Crippen LogP contribution in [0, 0.1) is 5.92 Å². The smallest absolute Gasteiger partial charge is 0.306 e. The third kappa shape index (κ3) is 11.3. The van der Waals surface area contributed by atoms with Crippen molar-refractivity contribution in [1.82, 2.24) is 0 Å². The van der Waals surface area contributed by atoms with Gasteiger partial charge in [0.25, 0.3) is 0 Å². The van der Waals surface area contributed by atoms with Gasteiger partial charge in [0.1, 0.15) is 0 Å². The molecule has 21 heavy (non-hydrogen) atoms. The van der Waals surface area contributed by atoms with Crippen LogP contribution in [0.25, 0.3) is 0 Å². The van der Waals surface area contributed by atoms with Gasteiger partial charge in [0.15, 0.2) is 0 Å². The normalized spacial score (nSPS) is 16.9. The maximum absolute atomic E-state index is 10.7. The number of rotatable bonds is 11. The van der Waals surface area contributed by atoms with Crippen LogP contribution in [0.3, 0.4) is 0 Å². The highest BCUT2D eigenvalue weighted by Gasteiger charge is 2.20. The van der Waals surface area contributed by atoms with E-state index in [2.05, 4.69) is 19.1 Å². The largest absolute Gasteiger partial charge is 0.481 e. The fourth-order valence-electron chi connectivity index (χ4n) is 2.29. The van der Waals surface area contributed by atoms with Crippen LogP contribution in [-0.4, -0.2) is 21.8 Å².